The molecule has 26 heavy (non-hydrogen) atoms. The first kappa shape index (κ1) is 19.9. The van der Waals surface area contributed by atoms with Crippen LogP contribution in [-0.2, 0) is 22.4 Å². The highest BCUT2D eigenvalue weighted by atomic mass is 16.5. The van der Waals surface area contributed by atoms with Crippen LogP contribution in [0.4, 0.5) is 10.5 Å². The lowest BCUT2D eigenvalue weighted by atomic mass is 10.0. The molecule has 1 aliphatic heterocycles. The Morgan fingerprint density at radius 2 is 2.04 bits per heavy atom. The Bertz CT molecular complexity index is 677. The Morgan fingerprint density at radius 1 is 1.35 bits per heavy atom. The molecule has 1 aliphatic rings. The highest BCUT2D eigenvalue weighted by Gasteiger charge is 2.35. The molecule has 142 valence electrons. The number of nitrogens with one attached hydrogen (secondary N) is 2. The number of nitrogens with zero attached hydrogens (tertiary/aromatic N) is 1. The number of hydrogen-bond acceptors (Lipinski definition) is 4. The smallest absolute Gasteiger partial charge is 0.405 e. The van der Waals surface area contributed by atoms with Gasteiger partial charge >= 0.3 is 6.09 Å². The van der Waals surface area contributed by atoms with Gasteiger partial charge in [-0.1, -0.05) is 12.1 Å². The lowest BCUT2D eigenvalue weighted by molar-refractivity contribution is -0.123. The minimum Gasteiger partial charge on any atom is -0.465 e. The number of carbonyl (C=O) groups excluding carboxylic acids is 1. The van der Waals surface area contributed by atoms with E-state index < -0.39 is 17.5 Å². The van der Waals surface area contributed by atoms with Crippen LogP contribution >= 0.6 is 0 Å². The van der Waals surface area contributed by atoms with Crippen LogP contribution in [-0.4, -0.2) is 60.9 Å². The van der Waals surface area contributed by atoms with Gasteiger partial charge < -0.3 is 25.4 Å². The number of carbonyl (C=O) groups is 2. The minimum atomic E-state index is -1.40. The summed E-state index contributed by atoms with van der Waals surface area (Å²) < 4.78 is 5.32. The van der Waals surface area contributed by atoms with Gasteiger partial charge in [0, 0.05) is 18.8 Å². The van der Waals surface area contributed by atoms with E-state index in [0.717, 1.165) is 25.9 Å². The third-order valence-corrected chi connectivity index (χ3v) is 4.50. The predicted octanol–water partition coefficient (Wildman–Crippen LogP) is 1.88. The number of ether oxygens (including phenoxy) is 1. The SMILES string of the molecule is C=CCOCC(C)(NC(=O)O)C(=O)Nc1ccc2c(c1)CCN(C)CC2. The summed E-state index contributed by atoms with van der Waals surface area (Å²) >= 11 is 0. The van der Waals surface area contributed by atoms with Crippen molar-refractivity contribution in [1.29, 1.82) is 0 Å². The van der Waals surface area contributed by atoms with Crippen LogP contribution in [0.15, 0.2) is 30.9 Å². The van der Waals surface area contributed by atoms with Crippen molar-refractivity contribution in [2.75, 3.05) is 38.7 Å². The standard InChI is InChI=1S/C19H27N3O4/c1-4-11-26-13-19(2,21-18(24)25)17(23)20-16-6-5-14-7-9-22(3)10-8-15(14)12-16/h4-6,12,21H,1,7-11,13H2,2-3H3,(H,20,23)(H,24,25). The molecule has 7 heteroatoms. The number of likely N-dealkylation sites (N-methyl/N-ethyl adjacent to an activating group) is 1. The zero-order chi connectivity index (χ0) is 19.2. The van der Waals surface area contributed by atoms with Gasteiger partial charge in [-0.25, -0.2) is 4.79 Å². The van der Waals surface area contributed by atoms with Crippen molar-refractivity contribution in [2.24, 2.45) is 0 Å². The van der Waals surface area contributed by atoms with E-state index in [0.29, 0.717) is 5.69 Å². The molecular weight excluding hydrogens is 334 g/mol. The van der Waals surface area contributed by atoms with E-state index in [1.807, 2.05) is 18.2 Å². The quantitative estimate of drug-likeness (QED) is 0.510. The van der Waals surface area contributed by atoms with Crippen LogP contribution in [0.2, 0.25) is 0 Å². The average Bonchev–Trinajstić information content (AvgIpc) is 2.76. The van der Waals surface area contributed by atoms with Crippen LogP contribution in [0.5, 0.6) is 0 Å². The number of fused-ring (bicyclic) bond motifs is 1. The van der Waals surface area contributed by atoms with Crippen molar-refractivity contribution in [3.05, 3.63) is 42.0 Å². The molecule has 0 aromatic heterocycles. The predicted molar refractivity (Wildman–Crippen MR) is 101 cm³/mol. The molecular formula is C19H27N3O4. The third-order valence-electron chi connectivity index (χ3n) is 4.50. The second-order valence-corrected chi connectivity index (χ2v) is 6.81. The van der Waals surface area contributed by atoms with Crippen LogP contribution in [0.25, 0.3) is 0 Å². The summed E-state index contributed by atoms with van der Waals surface area (Å²) in [6, 6.07) is 5.85. The summed E-state index contributed by atoms with van der Waals surface area (Å²) in [5, 5.41) is 14.1. The van der Waals surface area contributed by atoms with E-state index in [1.165, 1.54) is 18.1 Å². The Labute approximate surface area is 154 Å². The first-order chi connectivity index (χ1) is 12.3. The van der Waals surface area contributed by atoms with Gasteiger partial charge in [-0.2, -0.15) is 0 Å². The zero-order valence-electron chi connectivity index (χ0n) is 15.4. The number of rotatable bonds is 7. The highest BCUT2D eigenvalue weighted by Crippen LogP contribution is 2.21. The normalized spacial score (nSPS) is 16.7. The summed E-state index contributed by atoms with van der Waals surface area (Å²) in [5.74, 6) is -0.463. The van der Waals surface area contributed by atoms with Crippen molar-refractivity contribution in [3.63, 3.8) is 0 Å². The van der Waals surface area contributed by atoms with Crippen LogP contribution in [0, 0.1) is 0 Å². The van der Waals surface area contributed by atoms with E-state index >= 15 is 0 Å². The van der Waals surface area contributed by atoms with E-state index in [4.69, 9.17) is 9.84 Å². The van der Waals surface area contributed by atoms with Gasteiger partial charge in [0.2, 0.25) is 0 Å². The molecule has 0 aliphatic carbocycles. The summed E-state index contributed by atoms with van der Waals surface area (Å²) in [6.45, 7) is 7.17. The maximum atomic E-state index is 12.7. The van der Waals surface area contributed by atoms with Crippen LogP contribution in [0.3, 0.4) is 0 Å². The maximum absolute atomic E-state index is 12.7. The number of carboxylic acid groups (broad SMARTS) is 1. The molecule has 3 N–H and O–H groups in total. The fraction of sp³-hybridized carbons (Fsp3) is 0.474. The molecule has 0 saturated heterocycles. The molecule has 0 fully saturated rings. The Balaban J connectivity index is 2.12. The Morgan fingerprint density at radius 3 is 2.69 bits per heavy atom. The third kappa shape index (κ3) is 5.31. The fourth-order valence-corrected chi connectivity index (χ4v) is 2.92. The fourth-order valence-electron chi connectivity index (χ4n) is 2.92. The van der Waals surface area contributed by atoms with E-state index in [2.05, 4.69) is 29.2 Å². The lowest BCUT2D eigenvalue weighted by Gasteiger charge is -2.28. The molecule has 0 saturated carbocycles. The summed E-state index contributed by atoms with van der Waals surface area (Å²) in [6.07, 6.45) is 2.16. The summed E-state index contributed by atoms with van der Waals surface area (Å²) in [4.78, 5) is 26.1. The minimum absolute atomic E-state index is 0.0904. The maximum Gasteiger partial charge on any atom is 0.405 e. The van der Waals surface area contributed by atoms with E-state index in [-0.39, 0.29) is 13.2 Å². The Kier molecular flexibility index (Phi) is 6.76. The monoisotopic (exact) mass is 361 g/mol. The zero-order valence-corrected chi connectivity index (χ0v) is 15.4. The Hall–Kier alpha value is -2.38. The van der Waals surface area contributed by atoms with Crippen molar-refractivity contribution < 1.29 is 19.4 Å². The summed E-state index contributed by atoms with van der Waals surface area (Å²) in [7, 11) is 2.10. The first-order valence-corrected chi connectivity index (χ1v) is 8.65. The molecule has 0 spiro atoms. The molecule has 2 amide bonds. The topological polar surface area (TPSA) is 90.9 Å². The number of amides is 2. The molecule has 0 radical (unpaired) electrons. The van der Waals surface area contributed by atoms with E-state index in [9.17, 15) is 9.59 Å². The van der Waals surface area contributed by atoms with Gasteiger partial charge in [-0.3, -0.25) is 4.79 Å². The van der Waals surface area contributed by atoms with E-state index in [1.54, 1.807) is 6.08 Å². The van der Waals surface area contributed by atoms with Crippen molar-refractivity contribution >= 4 is 17.7 Å². The second kappa shape index (κ2) is 8.82. The molecule has 7 nitrogen and oxygen atoms in total. The van der Waals surface area contributed by atoms with Gasteiger partial charge in [0.1, 0.15) is 5.54 Å². The molecule has 0 bridgehead atoms. The second-order valence-electron chi connectivity index (χ2n) is 6.81. The van der Waals surface area contributed by atoms with Crippen molar-refractivity contribution in [3.8, 4) is 0 Å². The molecule has 1 aromatic carbocycles. The van der Waals surface area contributed by atoms with Gasteiger partial charge in [0.05, 0.1) is 13.2 Å². The average molecular weight is 361 g/mol. The van der Waals surface area contributed by atoms with Crippen molar-refractivity contribution in [1.82, 2.24) is 10.2 Å². The summed E-state index contributed by atoms with van der Waals surface area (Å²) in [5.41, 5.74) is 1.75. The van der Waals surface area contributed by atoms with Gasteiger partial charge in [0.25, 0.3) is 5.91 Å². The molecule has 1 unspecified atom stereocenters. The molecule has 2 rings (SSSR count). The number of hydrogen-bond donors (Lipinski definition) is 3. The van der Waals surface area contributed by atoms with Crippen LogP contribution < -0.4 is 10.6 Å². The highest BCUT2D eigenvalue weighted by molar-refractivity contribution is 5.99. The molecule has 1 atom stereocenters. The molecule has 1 heterocycles. The van der Waals surface area contributed by atoms with Crippen LogP contribution in [0.1, 0.15) is 18.1 Å². The van der Waals surface area contributed by atoms with Gasteiger partial charge in [-0.15, -0.1) is 6.58 Å². The van der Waals surface area contributed by atoms with Gasteiger partial charge in [0.15, 0.2) is 0 Å². The largest absolute Gasteiger partial charge is 0.465 e. The first-order valence-electron chi connectivity index (χ1n) is 8.65. The lowest BCUT2D eigenvalue weighted by Crippen LogP contribution is -2.57. The van der Waals surface area contributed by atoms with Gasteiger partial charge in [-0.05, 0) is 50.1 Å². The molecule has 1 aromatic rings. The van der Waals surface area contributed by atoms with Crippen molar-refractivity contribution in [2.45, 2.75) is 25.3 Å². The number of anilines is 1. The number of benzene rings is 1.